The van der Waals surface area contributed by atoms with Crippen LogP contribution in [0.15, 0.2) is 29.0 Å². The van der Waals surface area contributed by atoms with Gasteiger partial charge in [-0.15, -0.1) is 0 Å². The Hall–Kier alpha value is -0.870. The second-order valence-electron chi connectivity index (χ2n) is 4.25. The minimum Gasteiger partial charge on any atom is -0.396 e. The molecule has 2 aromatic rings. The molecule has 1 atom stereocenters. The molecule has 0 aromatic carbocycles. The van der Waals surface area contributed by atoms with Crippen LogP contribution in [0.4, 0.5) is 0 Å². The normalized spacial score (nSPS) is 13.6. The molecule has 0 bridgehead atoms. The summed E-state index contributed by atoms with van der Waals surface area (Å²) in [6.07, 6.45) is 1.98. The van der Waals surface area contributed by atoms with Gasteiger partial charge in [-0.2, -0.15) is 0 Å². The van der Waals surface area contributed by atoms with E-state index in [1.807, 2.05) is 28.8 Å². The van der Waals surface area contributed by atoms with E-state index in [0.29, 0.717) is 5.92 Å². The van der Waals surface area contributed by atoms with E-state index < -0.39 is 0 Å². The molecule has 0 saturated carbocycles. The van der Waals surface area contributed by atoms with Gasteiger partial charge < -0.3 is 9.51 Å². The monoisotopic (exact) mass is 282 g/mol. The number of imidazole rings is 1. The molecule has 2 rings (SSSR count). The van der Waals surface area contributed by atoms with Gasteiger partial charge in [0.25, 0.3) is 0 Å². The smallest absolute Gasteiger partial charge is 0.132 e. The number of nitrogens with zero attached hydrogens (tertiary/aromatic N) is 2. The summed E-state index contributed by atoms with van der Waals surface area (Å²) < 4.78 is 2.87. The summed E-state index contributed by atoms with van der Waals surface area (Å²) in [5, 5.41) is 9.45. The number of halogens is 1. The number of pyridine rings is 1. The van der Waals surface area contributed by atoms with Gasteiger partial charge in [0.2, 0.25) is 0 Å². The molecule has 0 spiro atoms. The van der Waals surface area contributed by atoms with Gasteiger partial charge in [0.15, 0.2) is 0 Å². The SMILES string of the molecule is CC(C)C(CO)c1nc(Br)c2ccccn12. The summed E-state index contributed by atoms with van der Waals surface area (Å²) in [4.78, 5) is 4.50. The van der Waals surface area contributed by atoms with Crippen molar-refractivity contribution in [1.29, 1.82) is 0 Å². The van der Waals surface area contributed by atoms with Crippen molar-refractivity contribution in [1.82, 2.24) is 9.38 Å². The molecule has 3 nitrogen and oxygen atoms in total. The van der Waals surface area contributed by atoms with Crippen LogP contribution < -0.4 is 0 Å². The fourth-order valence-corrected chi connectivity index (χ4v) is 2.38. The van der Waals surface area contributed by atoms with Crippen LogP contribution in [0.1, 0.15) is 25.6 Å². The maximum Gasteiger partial charge on any atom is 0.132 e. The van der Waals surface area contributed by atoms with Crippen LogP contribution in [0, 0.1) is 5.92 Å². The molecule has 0 aliphatic heterocycles. The molecule has 1 N–H and O–H groups in total. The molecule has 0 aliphatic rings. The summed E-state index contributed by atoms with van der Waals surface area (Å²) in [6, 6.07) is 5.96. The Morgan fingerprint density at radius 2 is 2.19 bits per heavy atom. The van der Waals surface area contributed by atoms with E-state index in [9.17, 15) is 5.11 Å². The Balaban J connectivity index is 2.60. The minimum atomic E-state index is 0.0706. The number of hydrogen-bond acceptors (Lipinski definition) is 2. The lowest BCUT2D eigenvalue weighted by Gasteiger charge is -2.16. The Labute approximate surface area is 103 Å². The highest BCUT2D eigenvalue weighted by atomic mass is 79.9. The molecule has 0 saturated heterocycles. The first-order chi connectivity index (χ1) is 7.65. The molecule has 0 radical (unpaired) electrons. The van der Waals surface area contributed by atoms with Gasteiger partial charge in [-0.25, -0.2) is 4.98 Å². The topological polar surface area (TPSA) is 37.5 Å². The quantitative estimate of drug-likeness (QED) is 0.940. The molecule has 16 heavy (non-hydrogen) atoms. The van der Waals surface area contributed by atoms with Gasteiger partial charge in [-0.05, 0) is 34.0 Å². The zero-order valence-electron chi connectivity index (χ0n) is 9.39. The van der Waals surface area contributed by atoms with Crippen LogP contribution in [-0.2, 0) is 0 Å². The van der Waals surface area contributed by atoms with Crippen LogP contribution >= 0.6 is 15.9 Å². The van der Waals surface area contributed by atoms with Crippen molar-refractivity contribution >= 4 is 21.4 Å². The first-order valence-electron chi connectivity index (χ1n) is 5.38. The average Bonchev–Trinajstić information content (AvgIpc) is 2.58. The van der Waals surface area contributed by atoms with E-state index in [1.165, 1.54) is 0 Å². The van der Waals surface area contributed by atoms with Crippen LogP contribution in [0.5, 0.6) is 0 Å². The van der Waals surface area contributed by atoms with Crippen LogP contribution in [0.3, 0.4) is 0 Å². The zero-order chi connectivity index (χ0) is 11.7. The molecule has 4 heteroatoms. The first kappa shape index (κ1) is 11.6. The van der Waals surface area contributed by atoms with E-state index in [2.05, 4.69) is 34.8 Å². The number of aliphatic hydroxyl groups excluding tert-OH is 1. The zero-order valence-corrected chi connectivity index (χ0v) is 11.0. The molecule has 86 valence electrons. The van der Waals surface area contributed by atoms with Gasteiger partial charge in [-0.3, -0.25) is 0 Å². The third kappa shape index (κ3) is 1.87. The third-order valence-electron chi connectivity index (χ3n) is 2.86. The van der Waals surface area contributed by atoms with Crippen molar-refractivity contribution < 1.29 is 5.11 Å². The number of rotatable bonds is 3. The Kier molecular flexibility index (Phi) is 3.30. The highest BCUT2D eigenvalue weighted by Gasteiger charge is 2.21. The van der Waals surface area contributed by atoms with E-state index in [4.69, 9.17) is 0 Å². The lowest BCUT2D eigenvalue weighted by molar-refractivity contribution is 0.231. The fourth-order valence-electron chi connectivity index (χ4n) is 1.87. The predicted octanol–water partition coefficient (Wildman–Crippen LogP) is 2.83. The van der Waals surface area contributed by atoms with Gasteiger partial charge >= 0.3 is 0 Å². The molecule has 0 fully saturated rings. The second-order valence-corrected chi connectivity index (χ2v) is 5.00. The van der Waals surface area contributed by atoms with E-state index in [0.717, 1.165) is 15.9 Å². The molecule has 1 unspecified atom stereocenters. The summed E-state index contributed by atoms with van der Waals surface area (Å²) in [7, 11) is 0. The molecule has 2 aromatic heterocycles. The third-order valence-corrected chi connectivity index (χ3v) is 3.45. The van der Waals surface area contributed by atoms with Crippen LogP contribution in [-0.4, -0.2) is 21.1 Å². The van der Waals surface area contributed by atoms with E-state index in [-0.39, 0.29) is 12.5 Å². The number of aromatic nitrogens is 2. The Bertz CT molecular complexity index is 493. The summed E-state index contributed by atoms with van der Waals surface area (Å²) in [5.41, 5.74) is 1.04. The standard InChI is InChI=1S/C12H15BrN2O/c1-8(2)9(7-16)12-14-11(13)10-5-3-4-6-15(10)12/h3-6,8-9,16H,7H2,1-2H3. The van der Waals surface area contributed by atoms with E-state index >= 15 is 0 Å². The van der Waals surface area contributed by atoms with Crippen molar-refractivity contribution in [3.63, 3.8) is 0 Å². The van der Waals surface area contributed by atoms with Crippen molar-refractivity contribution in [3.05, 3.63) is 34.8 Å². The maximum absolute atomic E-state index is 9.45. The van der Waals surface area contributed by atoms with Crippen molar-refractivity contribution in [2.45, 2.75) is 19.8 Å². The first-order valence-corrected chi connectivity index (χ1v) is 6.17. The predicted molar refractivity (Wildman–Crippen MR) is 67.6 cm³/mol. The number of hydrogen-bond donors (Lipinski definition) is 1. The fraction of sp³-hybridized carbons (Fsp3) is 0.417. The molecule has 0 aliphatic carbocycles. The van der Waals surface area contributed by atoms with Gasteiger partial charge in [0.1, 0.15) is 10.4 Å². The highest BCUT2D eigenvalue weighted by molar-refractivity contribution is 9.10. The maximum atomic E-state index is 9.45. The van der Waals surface area contributed by atoms with Gasteiger partial charge in [0.05, 0.1) is 12.1 Å². The van der Waals surface area contributed by atoms with Crippen LogP contribution in [0.25, 0.3) is 5.52 Å². The molecule has 2 heterocycles. The Morgan fingerprint density at radius 3 is 2.81 bits per heavy atom. The lowest BCUT2D eigenvalue weighted by atomic mass is 9.96. The largest absolute Gasteiger partial charge is 0.396 e. The minimum absolute atomic E-state index is 0.0706. The van der Waals surface area contributed by atoms with Crippen LogP contribution in [0.2, 0.25) is 0 Å². The molecular formula is C12H15BrN2O. The average molecular weight is 283 g/mol. The summed E-state index contributed by atoms with van der Waals surface area (Å²) in [6.45, 7) is 4.32. The second kappa shape index (κ2) is 4.55. The van der Waals surface area contributed by atoms with E-state index in [1.54, 1.807) is 0 Å². The summed E-state index contributed by atoms with van der Waals surface area (Å²) >= 11 is 3.45. The lowest BCUT2D eigenvalue weighted by Crippen LogP contribution is -2.14. The number of fused-ring (bicyclic) bond motifs is 1. The van der Waals surface area contributed by atoms with Gasteiger partial charge in [0, 0.05) is 12.1 Å². The van der Waals surface area contributed by atoms with Crippen molar-refractivity contribution in [2.24, 2.45) is 5.92 Å². The summed E-state index contributed by atoms with van der Waals surface area (Å²) in [5.74, 6) is 1.35. The molecular weight excluding hydrogens is 268 g/mol. The van der Waals surface area contributed by atoms with Crippen molar-refractivity contribution in [2.75, 3.05) is 6.61 Å². The van der Waals surface area contributed by atoms with Gasteiger partial charge in [-0.1, -0.05) is 19.9 Å². The highest BCUT2D eigenvalue weighted by Crippen LogP contribution is 2.27. The Morgan fingerprint density at radius 1 is 1.44 bits per heavy atom. The van der Waals surface area contributed by atoms with Crippen molar-refractivity contribution in [3.8, 4) is 0 Å². The molecule has 0 amide bonds. The number of aliphatic hydroxyl groups is 1.